The van der Waals surface area contributed by atoms with Crippen molar-refractivity contribution in [3.05, 3.63) is 35.1 Å². The Bertz CT molecular complexity index is 448. The van der Waals surface area contributed by atoms with Gasteiger partial charge in [0.05, 0.1) is 0 Å². The van der Waals surface area contributed by atoms with Gasteiger partial charge in [-0.05, 0) is 27.1 Å². The van der Waals surface area contributed by atoms with E-state index in [-0.39, 0.29) is 11.7 Å². The fraction of sp³-hybridized carbons (Fsp3) is 0.462. The van der Waals surface area contributed by atoms with Gasteiger partial charge in [-0.2, -0.15) is 0 Å². The molecule has 0 saturated heterocycles. The minimum Gasteiger partial charge on any atom is -0.409 e. The highest BCUT2D eigenvalue weighted by atomic mass is 19.1. The third-order valence-corrected chi connectivity index (χ3v) is 3.09. The van der Waals surface area contributed by atoms with Gasteiger partial charge in [0.25, 0.3) is 0 Å². The van der Waals surface area contributed by atoms with Gasteiger partial charge >= 0.3 is 0 Å². The van der Waals surface area contributed by atoms with Crippen molar-refractivity contribution in [2.24, 2.45) is 10.9 Å². The zero-order valence-corrected chi connectivity index (χ0v) is 11.5. The van der Waals surface area contributed by atoms with Crippen LogP contribution in [-0.4, -0.2) is 42.6 Å². The number of nitrogens with one attached hydrogen (secondary N) is 1. The summed E-state index contributed by atoms with van der Waals surface area (Å²) in [6.07, 6.45) is 0. The molecule has 0 spiro atoms. The number of benzene rings is 1. The number of nitrogens with zero attached hydrogens (tertiary/aromatic N) is 2. The van der Waals surface area contributed by atoms with Crippen molar-refractivity contribution < 1.29 is 9.60 Å². The van der Waals surface area contributed by atoms with Crippen LogP contribution in [0.2, 0.25) is 0 Å². The van der Waals surface area contributed by atoms with Crippen molar-refractivity contribution in [1.29, 1.82) is 0 Å². The lowest BCUT2D eigenvalue weighted by molar-refractivity contribution is 0.302. The molecular formula is C13H21FN4O. The van der Waals surface area contributed by atoms with E-state index >= 15 is 0 Å². The molecule has 0 saturated carbocycles. The molecule has 0 fully saturated rings. The molecule has 106 valence electrons. The van der Waals surface area contributed by atoms with Gasteiger partial charge in [-0.3, -0.25) is 0 Å². The highest BCUT2D eigenvalue weighted by Crippen LogP contribution is 2.10. The van der Waals surface area contributed by atoms with Crippen LogP contribution in [0.15, 0.2) is 23.4 Å². The topological polar surface area (TPSA) is 73.9 Å². The SMILES string of the molecule is CC(CNCc1ccc(C(N)=NO)cc1F)N(C)C. The van der Waals surface area contributed by atoms with Crippen molar-refractivity contribution in [3.63, 3.8) is 0 Å². The Kier molecular flexibility index (Phi) is 5.72. The maximum atomic E-state index is 13.8. The first-order chi connectivity index (χ1) is 8.95. The van der Waals surface area contributed by atoms with E-state index in [9.17, 15) is 4.39 Å². The van der Waals surface area contributed by atoms with E-state index in [0.29, 0.717) is 23.7 Å². The third-order valence-electron chi connectivity index (χ3n) is 3.09. The lowest BCUT2D eigenvalue weighted by atomic mass is 10.1. The molecule has 1 rings (SSSR count). The number of hydrogen-bond donors (Lipinski definition) is 3. The van der Waals surface area contributed by atoms with E-state index in [2.05, 4.69) is 22.3 Å². The molecule has 1 aromatic rings. The van der Waals surface area contributed by atoms with E-state index in [1.165, 1.54) is 6.07 Å². The molecule has 0 amide bonds. The van der Waals surface area contributed by atoms with Gasteiger partial charge in [0.1, 0.15) is 5.82 Å². The first kappa shape index (κ1) is 15.4. The maximum Gasteiger partial charge on any atom is 0.170 e. The Morgan fingerprint density at radius 1 is 1.53 bits per heavy atom. The van der Waals surface area contributed by atoms with Gasteiger partial charge in [0.2, 0.25) is 0 Å². The highest BCUT2D eigenvalue weighted by Gasteiger charge is 2.08. The van der Waals surface area contributed by atoms with Gasteiger partial charge in [-0.25, -0.2) is 4.39 Å². The molecule has 6 heteroatoms. The molecule has 1 aromatic carbocycles. The largest absolute Gasteiger partial charge is 0.409 e. The molecule has 1 unspecified atom stereocenters. The molecule has 5 nitrogen and oxygen atoms in total. The van der Waals surface area contributed by atoms with Crippen molar-refractivity contribution >= 4 is 5.84 Å². The van der Waals surface area contributed by atoms with Crippen LogP contribution in [0.5, 0.6) is 0 Å². The second kappa shape index (κ2) is 7.06. The quantitative estimate of drug-likeness (QED) is 0.311. The van der Waals surface area contributed by atoms with Gasteiger partial charge in [0.15, 0.2) is 5.84 Å². The molecule has 0 heterocycles. The van der Waals surface area contributed by atoms with Gasteiger partial charge in [-0.1, -0.05) is 17.3 Å². The molecule has 1 atom stereocenters. The number of oxime groups is 1. The molecule has 19 heavy (non-hydrogen) atoms. The standard InChI is InChI=1S/C13H21FN4O/c1-9(18(2)3)7-16-8-11-5-4-10(6-12(11)14)13(15)17-19/h4-6,9,16,19H,7-8H2,1-3H3,(H2,15,17). The van der Waals surface area contributed by atoms with Crippen LogP contribution in [0.3, 0.4) is 0 Å². The first-order valence-corrected chi connectivity index (χ1v) is 6.09. The van der Waals surface area contributed by atoms with Crippen molar-refractivity contribution in [3.8, 4) is 0 Å². The van der Waals surface area contributed by atoms with Gasteiger partial charge in [-0.15, -0.1) is 0 Å². The maximum absolute atomic E-state index is 13.8. The number of hydrogen-bond acceptors (Lipinski definition) is 4. The average Bonchev–Trinajstić information content (AvgIpc) is 2.39. The van der Waals surface area contributed by atoms with E-state index in [1.807, 2.05) is 14.1 Å². The Labute approximate surface area is 112 Å². The van der Waals surface area contributed by atoms with Crippen LogP contribution in [0.1, 0.15) is 18.1 Å². The summed E-state index contributed by atoms with van der Waals surface area (Å²) in [6.45, 7) is 3.31. The van der Waals surface area contributed by atoms with Crippen LogP contribution >= 0.6 is 0 Å². The second-order valence-corrected chi connectivity index (χ2v) is 4.73. The van der Waals surface area contributed by atoms with E-state index in [4.69, 9.17) is 10.9 Å². The van der Waals surface area contributed by atoms with Crippen LogP contribution < -0.4 is 11.1 Å². The van der Waals surface area contributed by atoms with Gasteiger partial charge < -0.3 is 21.2 Å². The zero-order chi connectivity index (χ0) is 14.4. The average molecular weight is 268 g/mol. The molecule has 0 bridgehead atoms. The lowest BCUT2D eigenvalue weighted by Gasteiger charge is -2.20. The molecule has 0 aliphatic rings. The molecule has 0 radical (unpaired) electrons. The molecule has 0 aromatic heterocycles. The van der Waals surface area contributed by atoms with E-state index in [0.717, 1.165) is 6.54 Å². The lowest BCUT2D eigenvalue weighted by Crippen LogP contribution is -2.35. The summed E-state index contributed by atoms with van der Waals surface area (Å²) in [5.41, 5.74) is 6.32. The number of likely N-dealkylation sites (N-methyl/N-ethyl adjacent to an activating group) is 1. The van der Waals surface area contributed by atoms with Gasteiger partial charge in [0, 0.05) is 30.3 Å². The number of amidine groups is 1. The normalized spacial score (nSPS) is 13.8. The Morgan fingerprint density at radius 3 is 2.74 bits per heavy atom. The summed E-state index contributed by atoms with van der Waals surface area (Å²) in [4.78, 5) is 2.09. The fourth-order valence-electron chi connectivity index (χ4n) is 1.51. The van der Waals surface area contributed by atoms with Crippen LogP contribution in [-0.2, 0) is 6.54 Å². The molecule has 0 aliphatic heterocycles. The minimum atomic E-state index is -0.367. The second-order valence-electron chi connectivity index (χ2n) is 4.73. The molecule has 0 aliphatic carbocycles. The third kappa shape index (κ3) is 4.50. The summed E-state index contributed by atoms with van der Waals surface area (Å²) in [5.74, 6) is -0.464. The predicted octanol–water partition coefficient (Wildman–Crippen LogP) is 0.960. The summed E-state index contributed by atoms with van der Waals surface area (Å²) in [6, 6.07) is 4.90. The Morgan fingerprint density at radius 2 is 2.21 bits per heavy atom. The smallest absolute Gasteiger partial charge is 0.170 e. The molecule has 4 N–H and O–H groups in total. The zero-order valence-electron chi connectivity index (χ0n) is 11.5. The Balaban J connectivity index is 2.61. The summed E-state index contributed by atoms with van der Waals surface area (Å²) in [7, 11) is 4.00. The minimum absolute atomic E-state index is 0.0976. The van der Waals surface area contributed by atoms with Crippen LogP contribution in [0.4, 0.5) is 4.39 Å². The van der Waals surface area contributed by atoms with E-state index in [1.54, 1.807) is 12.1 Å². The highest BCUT2D eigenvalue weighted by molar-refractivity contribution is 5.97. The van der Waals surface area contributed by atoms with Crippen molar-refractivity contribution in [2.75, 3.05) is 20.6 Å². The fourth-order valence-corrected chi connectivity index (χ4v) is 1.51. The summed E-state index contributed by atoms with van der Waals surface area (Å²) >= 11 is 0. The van der Waals surface area contributed by atoms with Crippen LogP contribution in [0.25, 0.3) is 0 Å². The van der Waals surface area contributed by atoms with Crippen molar-refractivity contribution in [2.45, 2.75) is 19.5 Å². The number of halogens is 1. The van der Waals surface area contributed by atoms with E-state index < -0.39 is 0 Å². The monoisotopic (exact) mass is 268 g/mol. The summed E-state index contributed by atoms with van der Waals surface area (Å²) in [5, 5.41) is 14.6. The number of rotatable bonds is 6. The van der Waals surface area contributed by atoms with Crippen molar-refractivity contribution in [1.82, 2.24) is 10.2 Å². The first-order valence-electron chi connectivity index (χ1n) is 6.09. The predicted molar refractivity (Wildman–Crippen MR) is 73.8 cm³/mol. The summed E-state index contributed by atoms with van der Waals surface area (Å²) < 4.78 is 13.8. The Hall–Kier alpha value is -1.66. The van der Waals surface area contributed by atoms with Crippen LogP contribution in [0, 0.1) is 5.82 Å². The molecular weight excluding hydrogens is 247 g/mol. The number of nitrogens with two attached hydrogens (primary N) is 1.